The van der Waals surface area contributed by atoms with Gasteiger partial charge in [-0.05, 0) is 31.2 Å². The number of H-pyrrole nitrogens is 1. The van der Waals surface area contributed by atoms with E-state index in [1.54, 1.807) is 57.3 Å². The number of aromatic nitrogens is 3. The third-order valence-electron chi connectivity index (χ3n) is 4.88. The highest BCUT2D eigenvalue weighted by Gasteiger charge is 2.15. The van der Waals surface area contributed by atoms with Crippen molar-refractivity contribution < 1.29 is 4.21 Å². The Balaban J connectivity index is 2.10. The lowest BCUT2D eigenvalue weighted by Gasteiger charge is -2.16. The normalized spacial score (nSPS) is 11.7. The minimum atomic E-state index is -2.35. The summed E-state index contributed by atoms with van der Waals surface area (Å²) in [6, 6.07) is 8.93. The van der Waals surface area contributed by atoms with Gasteiger partial charge in [0.05, 0.1) is 11.4 Å². The Morgan fingerprint density at radius 3 is 2.50 bits per heavy atom. The van der Waals surface area contributed by atoms with Crippen molar-refractivity contribution in [2.24, 2.45) is 11.4 Å². The van der Waals surface area contributed by atoms with Gasteiger partial charge in [-0.25, -0.2) is 4.21 Å². The van der Waals surface area contributed by atoms with E-state index in [0.717, 1.165) is 22.2 Å². The standard InChI is InChI=1S/C22H22N4O3S/c1-14-12-26(10-8-20(14)27)19-6-5-15(24-30(3,4)29)11-17(19)18-13-25(2)22(28)21-16(18)7-9-23-21/h5-13,23H,1-4H3. The number of hydrogen-bond donors (Lipinski definition) is 1. The number of aryl methyl sites for hydroxylation is 2. The lowest BCUT2D eigenvalue weighted by atomic mass is 10.0. The average Bonchev–Trinajstić information content (AvgIpc) is 3.16. The molecule has 0 bridgehead atoms. The molecule has 0 aliphatic rings. The summed E-state index contributed by atoms with van der Waals surface area (Å²) in [4.78, 5) is 27.4. The van der Waals surface area contributed by atoms with Crippen LogP contribution in [0.25, 0.3) is 27.7 Å². The second kappa shape index (κ2) is 7.14. The van der Waals surface area contributed by atoms with E-state index in [0.29, 0.717) is 16.8 Å². The van der Waals surface area contributed by atoms with Crippen LogP contribution < -0.4 is 11.0 Å². The van der Waals surface area contributed by atoms with E-state index >= 15 is 0 Å². The lowest BCUT2D eigenvalue weighted by molar-refractivity contribution is 0.684. The molecule has 4 aromatic rings. The summed E-state index contributed by atoms with van der Waals surface area (Å²) in [5, 5.41) is 0.781. The molecule has 154 valence electrons. The largest absolute Gasteiger partial charge is 0.357 e. The predicted molar refractivity (Wildman–Crippen MR) is 121 cm³/mol. The highest BCUT2D eigenvalue weighted by Crippen LogP contribution is 2.34. The molecule has 0 atom stereocenters. The molecule has 3 heterocycles. The molecule has 4 rings (SSSR count). The fourth-order valence-corrected chi connectivity index (χ4v) is 4.12. The first-order valence-corrected chi connectivity index (χ1v) is 11.6. The predicted octanol–water partition coefficient (Wildman–Crippen LogP) is 3.35. The number of pyridine rings is 2. The van der Waals surface area contributed by atoms with Crippen LogP contribution in [-0.2, 0) is 16.8 Å². The molecule has 1 aromatic carbocycles. The third kappa shape index (κ3) is 3.61. The Morgan fingerprint density at radius 2 is 1.80 bits per heavy atom. The topological polar surface area (TPSA) is 89.2 Å². The van der Waals surface area contributed by atoms with Crippen molar-refractivity contribution in [2.75, 3.05) is 12.5 Å². The molecule has 8 heteroatoms. The second-order valence-electron chi connectivity index (χ2n) is 7.60. The first-order valence-electron chi connectivity index (χ1n) is 9.31. The zero-order valence-corrected chi connectivity index (χ0v) is 18.0. The van der Waals surface area contributed by atoms with Gasteiger partial charge in [-0.2, -0.15) is 4.36 Å². The number of benzene rings is 1. The van der Waals surface area contributed by atoms with E-state index in [2.05, 4.69) is 9.35 Å². The SMILES string of the molecule is Cc1cn(-c2ccc(N=S(C)(C)=O)cc2-c2cn(C)c(=O)c3[nH]ccc23)ccc1=O. The molecule has 30 heavy (non-hydrogen) atoms. The minimum Gasteiger partial charge on any atom is -0.357 e. The summed E-state index contributed by atoms with van der Waals surface area (Å²) in [5.74, 6) is 0. The molecule has 0 saturated carbocycles. The zero-order chi connectivity index (χ0) is 21.6. The minimum absolute atomic E-state index is 0.0359. The summed E-state index contributed by atoms with van der Waals surface area (Å²) in [6.45, 7) is 1.77. The van der Waals surface area contributed by atoms with Gasteiger partial charge < -0.3 is 14.1 Å². The van der Waals surface area contributed by atoms with E-state index in [1.165, 1.54) is 10.6 Å². The molecule has 0 radical (unpaired) electrons. The Labute approximate surface area is 173 Å². The van der Waals surface area contributed by atoms with E-state index in [4.69, 9.17) is 0 Å². The van der Waals surface area contributed by atoms with Crippen LogP contribution in [0.3, 0.4) is 0 Å². The monoisotopic (exact) mass is 422 g/mol. The maximum atomic E-state index is 12.5. The maximum absolute atomic E-state index is 12.5. The smallest absolute Gasteiger partial charge is 0.274 e. The average molecular weight is 423 g/mol. The zero-order valence-electron chi connectivity index (χ0n) is 17.2. The molecule has 0 fully saturated rings. The van der Waals surface area contributed by atoms with Crippen LogP contribution in [0.1, 0.15) is 5.56 Å². The Hall–Kier alpha value is -3.39. The van der Waals surface area contributed by atoms with Crippen molar-refractivity contribution >= 4 is 26.3 Å². The number of nitrogens with zero attached hydrogens (tertiary/aromatic N) is 3. The molecule has 0 aliphatic heterocycles. The van der Waals surface area contributed by atoms with Crippen LogP contribution in [0.5, 0.6) is 0 Å². The highest BCUT2D eigenvalue weighted by atomic mass is 32.2. The van der Waals surface area contributed by atoms with Crippen molar-refractivity contribution in [3.05, 3.63) is 81.3 Å². The van der Waals surface area contributed by atoms with Gasteiger partial charge >= 0.3 is 0 Å². The van der Waals surface area contributed by atoms with Gasteiger partial charge in [0.15, 0.2) is 5.43 Å². The lowest BCUT2D eigenvalue weighted by Crippen LogP contribution is -2.16. The summed E-state index contributed by atoms with van der Waals surface area (Å²) in [5.41, 5.74) is 4.01. The summed E-state index contributed by atoms with van der Waals surface area (Å²) < 4.78 is 20.0. The fourth-order valence-electron chi connectivity index (χ4n) is 3.50. The van der Waals surface area contributed by atoms with Crippen LogP contribution in [-0.4, -0.2) is 30.8 Å². The molecule has 0 saturated heterocycles. The number of nitrogens with one attached hydrogen (secondary N) is 1. The van der Waals surface area contributed by atoms with Gasteiger partial charge in [0.2, 0.25) is 0 Å². The number of aromatic amines is 1. The van der Waals surface area contributed by atoms with Crippen LogP contribution in [0.15, 0.2) is 69.1 Å². The molecular formula is C22H22N4O3S. The van der Waals surface area contributed by atoms with Crippen molar-refractivity contribution in [1.82, 2.24) is 14.1 Å². The van der Waals surface area contributed by atoms with Gasteiger partial charge in [-0.3, -0.25) is 9.59 Å². The van der Waals surface area contributed by atoms with Crippen LogP contribution >= 0.6 is 0 Å². The number of hydrogen-bond acceptors (Lipinski definition) is 4. The molecule has 0 amide bonds. The molecule has 1 N–H and O–H groups in total. The molecule has 0 aliphatic carbocycles. The van der Waals surface area contributed by atoms with Crippen LogP contribution in [0.4, 0.5) is 5.69 Å². The quantitative estimate of drug-likeness (QED) is 0.549. The molecule has 0 spiro atoms. The third-order valence-corrected chi connectivity index (χ3v) is 5.53. The van der Waals surface area contributed by atoms with Crippen molar-refractivity contribution in [2.45, 2.75) is 6.92 Å². The van der Waals surface area contributed by atoms with Gasteiger partial charge in [-0.1, -0.05) is 0 Å². The van der Waals surface area contributed by atoms with Crippen molar-refractivity contribution in [1.29, 1.82) is 0 Å². The van der Waals surface area contributed by atoms with Gasteiger partial charge in [0.25, 0.3) is 5.56 Å². The summed E-state index contributed by atoms with van der Waals surface area (Å²) in [7, 11) is -0.644. The fraction of sp³-hybridized carbons (Fsp3) is 0.182. The summed E-state index contributed by atoms with van der Waals surface area (Å²) in [6.07, 6.45) is 10.2. The summed E-state index contributed by atoms with van der Waals surface area (Å²) >= 11 is 0. The Morgan fingerprint density at radius 1 is 1.03 bits per heavy atom. The van der Waals surface area contributed by atoms with Gasteiger partial charge in [0, 0.05) is 82.2 Å². The van der Waals surface area contributed by atoms with Crippen molar-refractivity contribution in [3.8, 4) is 16.8 Å². The van der Waals surface area contributed by atoms with Gasteiger partial charge in [-0.15, -0.1) is 0 Å². The molecule has 7 nitrogen and oxygen atoms in total. The maximum Gasteiger partial charge on any atom is 0.274 e. The number of rotatable bonds is 3. The van der Waals surface area contributed by atoms with Crippen LogP contribution in [0, 0.1) is 6.92 Å². The van der Waals surface area contributed by atoms with Crippen molar-refractivity contribution in [3.63, 3.8) is 0 Å². The first-order chi connectivity index (χ1) is 14.1. The van der Waals surface area contributed by atoms with Gasteiger partial charge in [0.1, 0.15) is 5.52 Å². The molecular weight excluding hydrogens is 400 g/mol. The van der Waals surface area contributed by atoms with E-state index < -0.39 is 9.73 Å². The van der Waals surface area contributed by atoms with E-state index in [-0.39, 0.29) is 11.0 Å². The molecule has 3 aromatic heterocycles. The van der Waals surface area contributed by atoms with E-state index in [1.807, 2.05) is 22.8 Å². The Bertz CT molecular complexity index is 1520. The second-order valence-corrected chi connectivity index (χ2v) is 10.1. The number of fused-ring (bicyclic) bond motifs is 1. The van der Waals surface area contributed by atoms with E-state index in [9.17, 15) is 13.8 Å². The molecule has 0 unspecified atom stereocenters. The van der Waals surface area contributed by atoms with Crippen LogP contribution in [0.2, 0.25) is 0 Å². The first kappa shape index (κ1) is 19.9. The Kier molecular flexibility index (Phi) is 4.74. The highest BCUT2D eigenvalue weighted by molar-refractivity contribution is 7.92.